The molecular formula is C16H24N2O5S. The van der Waals surface area contributed by atoms with E-state index in [0.717, 1.165) is 13.0 Å². The molecule has 0 spiro atoms. The molecule has 1 saturated heterocycles. The zero-order valence-corrected chi connectivity index (χ0v) is 14.7. The van der Waals surface area contributed by atoms with E-state index in [1.54, 1.807) is 0 Å². The van der Waals surface area contributed by atoms with Crippen LogP contribution in [0.5, 0.6) is 0 Å². The first-order valence-corrected chi connectivity index (χ1v) is 9.27. The van der Waals surface area contributed by atoms with Crippen LogP contribution in [0.25, 0.3) is 0 Å². The number of rotatable bonds is 6. The molecule has 0 aromatic heterocycles. The molecule has 0 unspecified atom stereocenters. The summed E-state index contributed by atoms with van der Waals surface area (Å²) in [5, 5.41) is 18.6. The van der Waals surface area contributed by atoms with Crippen LogP contribution in [0.3, 0.4) is 0 Å². The van der Waals surface area contributed by atoms with Crippen molar-refractivity contribution < 1.29 is 23.4 Å². The molecule has 1 fully saturated rings. The van der Waals surface area contributed by atoms with Crippen molar-refractivity contribution in [3.63, 3.8) is 0 Å². The van der Waals surface area contributed by atoms with Crippen LogP contribution in [0.4, 0.5) is 0 Å². The van der Waals surface area contributed by atoms with Crippen molar-refractivity contribution in [2.24, 2.45) is 11.8 Å². The van der Waals surface area contributed by atoms with Gasteiger partial charge in [0, 0.05) is 26.2 Å². The first-order chi connectivity index (χ1) is 11.2. The summed E-state index contributed by atoms with van der Waals surface area (Å²) in [5.74, 6) is -1.14. The Kier molecular flexibility index (Phi) is 5.97. The summed E-state index contributed by atoms with van der Waals surface area (Å²) in [4.78, 5) is 13.1. The highest BCUT2D eigenvalue weighted by molar-refractivity contribution is 7.89. The lowest BCUT2D eigenvalue weighted by molar-refractivity contribution is 0.0696. The maximum atomic E-state index is 12.9. The molecule has 2 rings (SSSR count). The largest absolute Gasteiger partial charge is 0.478 e. The molecule has 0 saturated carbocycles. The van der Waals surface area contributed by atoms with Gasteiger partial charge in [0.25, 0.3) is 0 Å². The molecule has 7 nitrogen and oxygen atoms in total. The summed E-state index contributed by atoms with van der Waals surface area (Å²) in [6.07, 6.45) is 0.774. The Bertz CT molecular complexity index is 689. The predicted octanol–water partition coefficient (Wildman–Crippen LogP) is 0.566. The summed E-state index contributed by atoms with van der Waals surface area (Å²) < 4.78 is 27.2. The average Bonchev–Trinajstić information content (AvgIpc) is 2.53. The molecule has 0 aliphatic carbocycles. The van der Waals surface area contributed by atoms with Gasteiger partial charge in [-0.1, -0.05) is 6.07 Å². The molecule has 8 heteroatoms. The van der Waals surface area contributed by atoms with Gasteiger partial charge < -0.3 is 15.1 Å². The van der Waals surface area contributed by atoms with Crippen LogP contribution in [-0.2, 0) is 10.0 Å². The number of hydrogen-bond acceptors (Lipinski definition) is 5. The third-order valence-electron chi connectivity index (χ3n) is 4.19. The molecule has 2 atom stereocenters. The smallest absolute Gasteiger partial charge is 0.335 e. The molecule has 1 aliphatic heterocycles. The Morgan fingerprint density at radius 2 is 1.96 bits per heavy atom. The summed E-state index contributed by atoms with van der Waals surface area (Å²) in [6, 6.07) is 5.39. The standard InChI is InChI=1S/C16H24N2O5S/c1-17(2)8-12-6-13(11-19)10-18(9-12)24(22,23)15-5-3-4-14(7-15)16(20)21/h3-5,7,12-13,19H,6,8-11H2,1-2H3,(H,20,21)/t12-,13+/m1/s1. The Morgan fingerprint density at radius 1 is 1.29 bits per heavy atom. The molecule has 134 valence electrons. The number of carboxylic acid groups (broad SMARTS) is 1. The highest BCUT2D eigenvalue weighted by Gasteiger charge is 2.35. The van der Waals surface area contributed by atoms with Crippen LogP contribution in [-0.4, -0.2) is 74.1 Å². The second kappa shape index (κ2) is 7.60. The molecule has 1 aromatic rings. The van der Waals surface area contributed by atoms with Gasteiger partial charge in [-0.25, -0.2) is 13.2 Å². The van der Waals surface area contributed by atoms with E-state index in [4.69, 9.17) is 5.11 Å². The van der Waals surface area contributed by atoms with Crippen LogP contribution in [0.1, 0.15) is 16.8 Å². The molecule has 0 bridgehead atoms. The molecule has 1 aliphatic rings. The second-order valence-electron chi connectivity index (χ2n) is 6.57. The number of benzene rings is 1. The summed E-state index contributed by atoms with van der Waals surface area (Å²) in [6.45, 7) is 1.29. The van der Waals surface area contributed by atoms with Gasteiger partial charge in [-0.3, -0.25) is 0 Å². The van der Waals surface area contributed by atoms with Crippen molar-refractivity contribution in [3.05, 3.63) is 29.8 Å². The first kappa shape index (κ1) is 18.9. The molecule has 24 heavy (non-hydrogen) atoms. The van der Waals surface area contributed by atoms with E-state index in [1.165, 1.54) is 28.6 Å². The summed E-state index contributed by atoms with van der Waals surface area (Å²) in [7, 11) is 0.0672. The SMILES string of the molecule is CN(C)C[C@H]1C[C@H](CO)CN(S(=O)(=O)c2cccc(C(=O)O)c2)C1. The van der Waals surface area contributed by atoms with Crippen molar-refractivity contribution in [2.45, 2.75) is 11.3 Å². The zero-order chi connectivity index (χ0) is 17.9. The first-order valence-electron chi connectivity index (χ1n) is 7.83. The summed E-state index contributed by atoms with van der Waals surface area (Å²) >= 11 is 0. The monoisotopic (exact) mass is 356 g/mol. The van der Waals surface area contributed by atoms with E-state index in [0.29, 0.717) is 6.54 Å². The molecule has 1 heterocycles. The lowest BCUT2D eigenvalue weighted by Crippen LogP contribution is -2.47. The van der Waals surface area contributed by atoms with E-state index < -0.39 is 16.0 Å². The van der Waals surface area contributed by atoms with Crippen molar-refractivity contribution in [3.8, 4) is 0 Å². The predicted molar refractivity (Wildman–Crippen MR) is 89.4 cm³/mol. The fourth-order valence-corrected chi connectivity index (χ4v) is 4.83. The fraction of sp³-hybridized carbons (Fsp3) is 0.562. The lowest BCUT2D eigenvalue weighted by Gasteiger charge is -2.37. The van der Waals surface area contributed by atoms with Gasteiger partial charge in [0.15, 0.2) is 0 Å². The lowest BCUT2D eigenvalue weighted by atomic mass is 9.91. The van der Waals surface area contributed by atoms with Crippen LogP contribution in [0.2, 0.25) is 0 Å². The van der Waals surface area contributed by atoms with Gasteiger partial charge in [-0.05, 0) is 50.6 Å². The number of sulfonamides is 1. The normalized spacial score (nSPS) is 22.7. The number of carbonyl (C=O) groups is 1. The number of nitrogens with zero attached hydrogens (tertiary/aromatic N) is 2. The fourth-order valence-electron chi connectivity index (χ4n) is 3.19. The van der Waals surface area contributed by atoms with Crippen molar-refractivity contribution >= 4 is 16.0 Å². The topological polar surface area (TPSA) is 98.2 Å². The van der Waals surface area contributed by atoms with Crippen molar-refractivity contribution in [2.75, 3.05) is 40.3 Å². The highest BCUT2D eigenvalue weighted by Crippen LogP contribution is 2.27. The van der Waals surface area contributed by atoms with Gasteiger partial charge in [-0.15, -0.1) is 0 Å². The number of aliphatic hydroxyl groups excluding tert-OH is 1. The minimum absolute atomic E-state index is 0.0235. The number of aromatic carboxylic acids is 1. The van der Waals surface area contributed by atoms with Gasteiger partial charge in [-0.2, -0.15) is 4.31 Å². The maximum Gasteiger partial charge on any atom is 0.335 e. The van der Waals surface area contributed by atoms with Gasteiger partial charge in [0.1, 0.15) is 0 Å². The quantitative estimate of drug-likeness (QED) is 0.773. The Morgan fingerprint density at radius 3 is 2.54 bits per heavy atom. The van der Waals surface area contributed by atoms with Crippen LogP contribution >= 0.6 is 0 Å². The summed E-state index contributed by atoms with van der Waals surface area (Å²) in [5.41, 5.74) is -0.0587. The zero-order valence-electron chi connectivity index (χ0n) is 13.9. The maximum absolute atomic E-state index is 12.9. The van der Waals surface area contributed by atoms with Gasteiger partial charge in [0.05, 0.1) is 10.5 Å². The van der Waals surface area contributed by atoms with Crippen LogP contribution in [0.15, 0.2) is 29.2 Å². The molecule has 0 radical (unpaired) electrons. The van der Waals surface area contributed by atoms with E-state index in [9.17, 15) is 18.3 Å². The van der Waals surface area contributed by atoms with Crippen LogP contribution in [0, 0.1) is 11.8 Å². The Hall–Kier alpha value is -1.48. The number of carboxylic acids is 1. The van der Waals surface area contributed by atoms with E-state index >= 15 is 0 Å². The van der Waals surface area contributed by atoms with Gasteiger partial charge in [0.2, 0.25) is 10.0 Å². The molecule has 1 aromatic carbocycles. The minimum Gasteiger partial charge on any atom is -0.478 e. The third kappa shape index (κ3) is 4.32. The molecule has 0 amide bonds. The second-order valence-corrected chi connectivity index (χ2v) is 8.51. The Balaban J connectivity index is 2.29. The minimum atomic E-state index is -3.79. The van der Waals surface area contributed by atoms with E-state index in [-0.39, 0.29) is 35.4 Å². The molecular weight excluding hydrogens is 332 g/mol. The number of hydrogen-bond donors (Lipinski definition) is 2. The molecule has 2 N–H and O–H groups in total. The van der Waals surface area contributed by atoms with E-state index in [1.807, 2.05) is 19.0 Å². The highest BCUT2D eigenvalue weighted by atomic mass is 32.2. The Labute approximate surface area is 142 Å². The average molecular weight is 356 g/mol. The van der Waals surface area contributed by atoms with Crippen molar-refractivity contribution in [1.82, 2.24) is 9.21 Å². The number of aliphatic hydroxyl groups is 1. The van der Waals surface area contributed by atoms with Crippen molar-refractivity contribution in [1.29, 1.82) is 0 Å². The van der Waals surface area contributed by atoms with E-state index in [2.05, 4.69) is 0 Å². The third-order valence-corrected chi connectivity index (χ3v) is 6.02. The van der Waals surface area contributed by atoms with Crippen LogP contribution < -0.4 is 0 Å². The number of piperidine rings is 1. The van der Waals surface area contributed by atoms with Gasteiger partial charge >= 0.3 is 5.97 Å².